The number of primary amides is 1. The normalized spacial score (nSPS) is 31.0. The van der Waals surface area contributed by atoms with Crippen molar-refractivity contribution in [3.05, 3.63) is 0 Å². The summed E-state index contributed by atoms with van der Waals surface area (Å²) in [4.78, 5) is 52.0. The second-order valence-corrected chi connectivity index (χ2v) is 8.95. The summed E-state index contributed by atoms with van der Waals surface area (Å²) in [7, 11) is 0. The van der Waals surface area contributed by atoms with Gasteiger partial charge in [-0.1, -0.05) is 26.7 Å². The highest BCUT2D eigenvalue weighted by Crippen LogP contribution is 2.35. The highest BCUT2D eigenvalue weighted by Gasteiger charge is 2.42. The van der Waals surface area contributed by atoms with Gasteiger partial charge in [-0.3, -0.25) is 19.2 Å². The number of hydrogen-bond donors (Lipinski definition) is 1. The topological polar surface area (TPSA) is 110 Å². The molecule has 3 rings (SSSR count). The van der Waals surface area contributed by atoms with E-state index in [2.05, 4.69) is 13.8 Å². The van der Waals surface area contributed by atoms with Gasteiger partial charge < -0.3 is 20.3 Å². The lowest BCUT2D eigenvalue weighted by Crippen LogP contribution is -2.45. The van der Waals surface area contributed by atoms with Gasteiger partial charge in [-0.2, -0.15) is 0 Å². The van der Waals surface area contributed by atoms with E-state index >= 15 is 0 Å². The van der Waals surface area contributed by atoms with Gasteiger partial charge in [-0.15, -0.1) is 0 Å². The molecule has 2 saturated heterocycles. The molecule has 3 fully saturated rings. The van der Waals surface area contributed by atoms with Crippen LogP contribution in [-0.4, -0.2) is 65.8 Å². The van der Waals surface area contributed by atoms with E-state index in [9.17, 15) is 19.2 Å². The summed E-state index contributed by atoms with van der Waals surface area (Å²) in [6, 6.07) is 0.192. The summed E-state index contributed by atoms with van der Waals surface area (Å²) in [6.45, 7) is 5.36. The summed E-state index contributed by atoms with van der Waals surface area (Å²) in [5, 5.41) is 0. The Labute approximate surface area is 172 Å². The molecule has 0 aromatic carbocycles. The minimum atomic E-state index is -0.500. The number of amides is 3. The van der Waals surface area contributed by atoms with Gasteiger partial charge in [0.1, 0.15) is 0 Å². The number of nitrogens with zero attached hydrogens (tertiary/aromatic N) is 2. The van der Waals surface area contributed by atoms with E-state index < -0.39 is 11.9 Å². The van der Waals surface area contributed by atoms with Crippen LogP contribution in [0.15, 0.2) is 0 Å². The zero-order valence-corrected chi connectivity index (χ0v) is 17.5. The van der Waals surface area contributed by atoms with Crippen molar-refractivity contribution in [3.8, 4) is 0 Å². The first kappa shape index (κ1) is 21.6. The van der Waals surface area contributed by atoms with Crippen LogP contribution in [-0.2, 0) is 23.9 Å². The Balaban J connectivity index is 1.46. The number of piperidine rings is 1. The number of likely N-dealkylation sites (tertiary alicyclic amines) is 2. The summed E-state index contributed by atoms with van der Waals surface area (Å²) in [5.41, 5.74) is 5.31. The van der Waals surface area contributed by atoms with Crippen LogP contribution in [0.5, 0.6) is 0 Å². The molecular weight excluding hydrogens is 374 g/mol. The first-order chi connectivity index (χ1) is 13.8. The Hall–Kier alpha value is -2.12. The maximum Gasteiger partial charge on any atom is 0.311 e. The fourth-order valence-corrected chi connectivity index (χ4v) is 4.96. The molecule has 2 aliphatic heterocycles. The van der Waals surface area contributed by atoms with Crippen LogP contribution in [0.2, 0.25) is 0 Å². The molecule has 2 heterocycles. The number of rotatable bonds is 5. The second-order valence-electron chi connectivity index (χ2n) is 8.95. The van der Waals surface area contributed by atoms with Crippen LogP contribution in [0.4, 0.5) is 0 Å². The lowest BCUT2D eigenvalue weighted by molar-refractivity contribution is -0.156. The van der Waals surface area contributed by atoms with E-state index in [4.69, 9.17) is 10.5 Å². The summed E-state index contributed by atoms with van der Waals surface area (Å²) >= 11 is 0. The minimum Gasteiger partial charge on any atom is -0.455 e. The zero-order valence-electron chi connectivity index (χ0n) is 17.5. The van der Waals surface area contributed by atoms with Gasteiger partial charge >= 0.3 is 5.97 Å². The number of hydrogen-bond acceptors (Lipinski definition) is 5. The summed E-state index contributed by atoms with van der Waals surface area (Å²) in [5.74, 6) is -0.758. The van der Waals surface area contributed by atoms with E-state index in [-0.39, 0.29) is 42.7 Å². The molecule has 0 aromatic rings. The third-order valence-corrected chi connectivity index (χ3v) is 7.14. The molecule has 3 amide bonds. The van der Waals surface area contributed by atoms with Crippen molar-refractivity contribution in [2.45, 2.75) is 58.4 Å². The summed E-state index contributed by atoms with van der Waals surface area (Å²) < 4.78 is 5.25. The molecule has 0 spiro atoms. The van der Waals surface area contributed by atoms with Gasteiger partial charge in [0.25, 0.3) is 5.91 Å². The smallest absolute Gasteiger partial charge is 0.311 e. The molecule has 0 aromatic heterocycles. The lowest BCUT2D eigenvalue weighted by atomic mass is 9.77. The Morgan fingerprint density at radius 1 is 1.07 bits per heavy atom. The average molecular weight is 408 g/mol. The monoisotopic (exact) mass is 407 g/mol. The third kappa shape index (κ3) is 4.90. The van der Waals surface area contributed by atoms with E-state index in [1.807, 2.05) is 4.90 Å². The predicted octanol–water partition coefficient (Wildman–Crippen LogP) is 0.927. The van der Waals surface area contributed by atoms with Crippen molar-refractivity contribution in [2.75, 3.05) is 26.2 Å². The van der Waals surface area contributed by atoms with Crippen molar-refractivity contribution >= 4 is 23.7 Å². The van der Waals surface area contributed by atoms with Crippen molar-refractivity contribution in [3.63, 3.8) is 0 Å². The molecule has 8 nitrogen and oxygen atoms in total. The standard InChI is InChI=1S/C21H33N3O5/c1-13-4-3-5-17(14(13)2)24-11-16(10-18(24)25)21(28)29-12-19(26)23-8-6-15(7-9-23)20(22)27/h13-17H,3-12H2,1-2H3,(H2,22,27)/t13-,14+,16+,17-/m0/s1. The van der Waals surface area contributed by atoms with Crippen LogP contribution in [0, 0.1) is 23.7 Å². The molecular formula is C21H33N3O5. The molecule has 3 aliphatic rings. The molecule has 1 saturated carbocycles. The fraction of sp³-hybridized carbons (Fsp3) is 0.810. The second kappa shape index (κ2) is 9.13. The van der Waals surface area contributed by atoms with Crippen LogP contribution >= 0.6 is 0 Å². The van der Waals surface area contributed by atoms with Crippen LogP contribution < -0.4 is 5.73 Å². The van der Waals surface area contributed by atoms with Crippen LogP contribution in [0.1, 0.15) is 52.4 Å². The van der Waals surface area contributed by atoms with Gasteiger partial charge in [0.2, 0.25) is 11.8 Å². The number of nitrogens with two attached hydrogens (primary N) is 1. The lowest BCUT2D eigenvalue weighted by Gasteiger charge is -2.39. The minimum absolute atomic E-state index is 0.0118. The van der Waals surface area contributed by atoms with E-state index in [0.717, 1.165) is 12.8 Å². The molecule has 0 unspecified atom stereocenters. The average Bonchev–Trinajstić information content (AvgIpc) is 3.09. The van der Waals surface area contributed by atoms with Crippen molar-refractivity contribution in [1.82, 2.24) is 9.80 Å². The first-order valence-electron chi connectivity index (χ1n) is 10.8. The van der Waals surface area contributed by atoms with Crippen LogP contribution in [0.25, 0.3) is 0 Å². The van der Waals surface area contributed by atoms with Gasteiger partial charge in [-0.25, -0.2) is 0 Å². The van der Waals surface area contributed by atoms with Crippen molar-refractivity contribution < 1.29 is 23.9 Å². The number of esters is 1. The number of carbonyl (C=O) groups excluding carboxylic acids is 4. The van der Waals surface area contributed by atoms with Gasteiger partial charge in [0.05, 0.1) is 5.92 Å². The Morgan fingerprint density at radius 3 is 2.41 bits per heavy atom. The molecule has 8 heteroatoms. The van der Waals surface area contributed by atoms with E-state index in [1.54, 1.807) is 4.90 Å². The quantitative estimate of drug-likeness (QED) is 0.682. The molecule has 0 bridgehead atoms. The maximum atomic E-state index is 12.5. The van der Waals surface area contributed by atoms with Gasteiger partial charge in [0.15, 0.2) is 6.61 Å². The van der Waals surface area contributed by atoms with E-state index in [0.29, 0.717) is 44.3 Å². The number of ether oxygens (including phenoxy) is 1. The molecule has 162 valence electrons. The molecule has 1 aliphatic carbocycles. The third-order valence-electron chi connectivity index (χ3n) is 7.14. The Bertz CT molecular complexity index is 659. The SMILES string of the molecule is C[C@@H]1[C@@H](C)CCC[C@@H]1N1C[C@H](C(=O)OCC(=O)N2CCC(C(N)=O)CC2)CC1=O. The largest absolute Gasteiger partial charge is 0.455 e. The molecule has 4 atom stereocenters. The van der Waals surface area contributed by atoms with Crippen molar-refractivity contribution in [2.24, 2.45) is 29.4 Å². The Morgan fingerprint density at radius 2 is 1.76 bits per heavy atom. The van der Waals surface area contributed by atoms with Crippen LogP contribution in [0.3, 0.4) is 0 Å². The summed E-state index contributed by atoms with van der Waals surface area (Å²) in [6.07, 6.45) is 4.52. The Kier molecular flexibility index (Phi) is 6.80. The maximum absolute atomic E-state index is 12.5. The zero-order chi connectivity index (χ0) is 21.1. The molecule has 29 heavy (non-hydrogen) atoms. The predicted molar refractivity (Wildman–Crippen MR) is 105 cm³/mol. The molecule has 2 N–H and O–H groups in total. The van der Waals surface area contributed by atoms with Gasteiger partial charge in [0, 0.05) is 38.0 Å². The fourth-order valence-electron chi connectivity index (χ4n) is 4.96. The molecule has 0 radical (unpaired) electrons. The first-order valence-corrected chi connectivity index (χ1v) is 10.8. The highest BCUT2D eigenvalue weighted by atomic mass is 16.5. The number of carbonyl (C=O) groups is 4. The van der Waals surface area contributed by atoms with Crippen molar-refractivity contribution in [1.29, 1.82) is 0 Å². The highest BCUT2D eigenvalue weighted by molar-refractivity contribution is 5.88. The van der Waals surface area contributed by atoms with Gasteiger partial charge in [-0.05, 0) is 31.1 Å². The van der Waals surface area contributed by atoms with E-state index in [1.165, 1.54) is 6.42 Å².